The molecule has 4 nitrogen and oxygen atoms in total. The summed E-state index contributed by atoms with van der Waals surface area (Å²) in [4.78, 5) is 11.0. The Hall–Kier alpha value is -0.610. The van der Waals surface area contributed by atoms with Crippen molar-refractivity contribution in [1.29, 1.82) is 0 Å². The highest BCUT2D eigenvalue weighted by Gasteiger charge is 2.31. The number of carboxylic acids is 1. The third kappa shape index (κ3) is 3.76. The summed E-state index contributed by atoms with van der Waals surface area (Å²) in [5, 5.41) is 15.9. The van der Waals surface area contributed by atoms with Gasteiger partial charge < -0.3 is 15.7 Å². The molecule has 0 aliphatic carbocycles. The predicted molar refractivity (Wildman–Crippen MR) is 64.5 cm³/mol. The van der Waals surface area contributed by atoms with Gasteiger partial charge in [-0.15, -0.1) is 0 Å². The molecule has 94 valence electrons. The molecular weight excluding hydrogens is 204 g/mol. The van der Waals surface area contributed by atoms with Gasteiger partial charge in [-0.3, -0.25) is 4.79 Å². The van der Waals surface area contributed by atoms with E-state index in [4.69, 9.17) is 5.11 Å². The van der Waals surface area contributed by atoms with E-state index in [-0.39, 0.29) is 5.54 Å². The molecule has 1 aliphatic rings. The maximum absolute atomic E-state index is 11.0. The molecule has 1 saturated heterocycles. The monoisotopic (exact) mass is 228 g/mol. The number of nitrogens with one attached hydrogen (secondary N) is 2. The number of carboxylic acid groups (broad SMARTS) is 1. The molecule has 1 rings (SSSR count). The molecular formula is C12H24N2O2. The predicted octanol–water partition coefficient (Wildman–Crippen LogP) is 1.22. The number of piperidine rings is 1. The zero-order valence-corrected chi connectivity index (χ0v) is 10.8. The van der Waals surface area contributed by atoms with Crippen LogP contribution in [0.15, 0.2) is 0 Å². The van der Waals surface area contributed by atoms with E-state index < -0.39 is 11.4 Å². The van der Waals surface area contributed by atoms with Crippen LogP contribution >= 0.6 is 0 Å². The first kappa shape index (κ1) is 13.5. The van der Waals surface area contributed by atoms with Crippen molar-refractivity contribution < 1.29 is 9.90 Å². The summed E-state index contributed by atoms with van der Waals surface area (Å²) < 4.78 is 0. The van der Waals surface area contributed by atoms with Gasteiger partial charge in [0, 0.05) is 18.1 Å². The Balaban J connectivity index is 2.41. The number of aliphatic carboxylic acids is 1. The Morgan fingerprint density at radius 3 is 2.69 bits per heavy atom. The molecule has 1 atom stereocenters. The van der Waals surface area contributed by atoms with Gasteiger partial charge in [-0.05, 0) is 47.1 Å². The molecule has 0 spiro atoms. The van der Waals surface area contributed by atoms with Gasteiger partial charge in [0.1, 0.15) is 0 Å². The first-order valence-electron chi connectivity index (χ1n) is 5.95. The van der Waals surface area contributed by atoms with Crippen LogP contribution in [0.5, 0.6) is 0 Å². The van der Waals surface area contributed by atoms with Gasteiger partial charge in [0.25, 0.3) is 0 Å². The smallest absolute Gasteiger partial charge is 0.310 e. The number of rotatable bonds is 4. The first-order chi connectivity index (χ1) is 7.23. The van der Waals surface area contributed by atoms with Crippen molar-refractivity contribution in [2.75, 3.05) is 13.1 Å². The highest BCUT2D eigenvalue weighted by molar-refractivity contribution is 5.73. The Morgan fingerprint density at radius 1 is 1.56 bits per heavy atom. The Morgan fingerprint density at radius 2 is 2.19 bits per heavy atom. The minimum Gasteiger partial charge on any atom is -0.481 e. The molecule has 1 unspecified atom stereocenters. The van der Waals surface area contributed by atoms with Crippen molar-refractivity contribution in [3.8, 4) is 0 Å². The summed E-state index contributed by atoms with van der Waals surface area (Å²) in [6.07, 6.45) is 2.11. The first-order valence-corrected chi connectivity index (χ1v) is 5.95. The lowest BCUT2D eigenvalue weighted by molar-refractivity contribution is -0.146. The van der Waals surface area contributed by atoms with Crippen LogP contribution < -0.4 is 10.6 Å². The lowest BCUT2D eigenvalue weighted by Crippen LogP contribution is -2.53. The molecule has 0 amide bonds. The quantitative estimate of drug-likeness (QED) is 0.677. The van der Waals surface area contributed by atoms with Crippen LogP contribution in [0.4, 0.5) is 0 Å². The summed E-state index contributed by atoms with van der Waals surface area (Å²) in [5.74, 6) is -0.742. The highest BCUT2D eigenvalue weighted by Crippen LogP contribution is 2.20. The molecule has 3 N–H and O–H groups in total. The van der Waals surface area contributed by atoms with Crippen LogP contribution in [0.1, 0.15) is 40.5 Å². The van der Waals surface area contributed by atoms with Crippen molar-refractivity contribution in [1.82, 2.24) is 10.6 Å². The zero-order chi connectivity index (χ0) is 12.4. The summed E-state index contributed by atoms with van der Waals surface area (Å²) in [6.45, 7) is 9.41. The fraction of sp³-hybridized carbons (Fsp3) is 0.917. The fourth-order valence-electron chi connectivity index (χ4n) is 2.02. The van der Waals surface area contributed by atoms with Crippen LogP contribution in [0.3, 0.4) is 0 Å². The fourth-order valence-corrected chi connectivity index (χ4v) is 2.02. The Kier molecular flexibility index (Phi) is 3.97. The van der Waals surface area contributed by atoms with Crippen molar-refractivity contribution in [3.05, 3.63) is 0 Å². The van der Waals surface area contributed by atoms with E-state index in [1.807, 2.05) is 0 Å². The largest absolute Gasteiger partial charge is 0.481 e. The average molecular weight is 228 g/mol. The normalized spacial score (nSPS) is 25.4. The summed E-state index contributed by atoms with van der Waals surface area (Å²) in [6, 6.07) is 0.426. The molecule has 0 bridgehead atoms. The maximum Gasteiger partial charge on any atom is 0.310 e. The molecule has 0 saturated carbocycles. The molecule has 0 aromatic rings. The molecule has 0 aromatic heterocycles. The van der Waals surface area contributed by atoms with E-state index in [0.29, 0.717) is 12.6 Å². The van der Waals surface area contributed by atoms with Gasteiger partial charge in [0.2, 0.25) is 0 Å². The average Bonchev–Trinajstić information content (AvgIpc) is 2.13. The van der Waals surface area contributed by atoms with Crippen LogP contribution in [0.25, 0.3) is 0 Å². The third-order valence-electron chi connectivity index (χ3n) is 3.26. The number of carbonyl (C=O) groups is 1. The molecule has 1 fully saturated rings. The van der Waals surface area contributed by atoms with Crippen molar-refractivity contribution in [3.63, 3.8) is 0 Å². The van der Waals surface area contributed by atoms with Crippen LogP contribution in [-0.4, -0.2) is 35.7 Å². The molecule has 0 aromatic carbocycles. The van der Waals surface area contributed by atoms with Crippen LogP contribution in [0, 0.1) is 5.41 Å². The summed E-state index contributed by atoms with van der Waals surface area (Å²) >= 11 is 0. The van der Waals surface area contributed by atoms with E-state index in [0.717, 1.165) is 19.4 Å². The van der Waals surface area contributed by atoms with Crippen molar-refractivity contribution in [2.45, 2.75) is 52.1 Å². The van der Waals surface area contributed by atoms with Crippen LogP contribution in [0.2, 0.25) is 0 Å². The number of hydrogen-bond acceptors (Lipinski definition) is 3. The van der Waals surface area contributed by atoms with Gasteiger partial charge in [0.15, 0.2) is 0 Å². The van der Waals surface area contributed by atoms with Crippen molar-refractivity contribution in [2.24, 2.45) is 5.41 Å². The summed E-state index contributed by atoms with van der Waals surface area (Å²) in [7, 11) is 0. The lowest BCUT2D eigenvalue weighted by Gasteiger charge is -2.38. The molecule has 1 aliphatic heterocycles. The van der Waals surface area contributed by atoms with E-state index in [1.165, 1.54) is 0 Å². The lowest BCUT2D eigenvalue weighted by atomic mass is 9.87. The Labute approximate surface area is 97.8 Å². The van der Waals surface area contributed by atoms with Gasteiger partial charge >= 0.3 is 5.97 Å². The topological polar surface area (TPSA) is 61.4 Å². The van der Waals surface area contributed by atoms with E-state index in [9.17, 15) is 4.79 Å². The Bertz CT molecular complexity index is 262. The van der Waals surface area contributed by atoms with Gasteiger partial charge in [0.05, 0.1) is 5.41 Å². The third-order valence-corrected chi connectivity index (χ3v) is 3.26. The minimum atomic E-state index is -0.742. The standard InChI is InChI=1S/C12H24N2O2/c1-11(2,10(15)16)8-13-9-5-6-14-12(3,4)7-9/h9,13-14H,5-8H2,1-4H3,(H,15,16). The molecule has 4 heteroatoms. The van der Waals surface area contributed by atoms with E-state index in [2.05, 4.69) is 24.5 Å². The van der Waals surface area contributed by atoms with E-state index >= 15 is 0 Å². The highest BCUT2D eigenvalue weighted by atomic mass is 16.4. The van der Waals surface area contributed by atoms with Crippen LogP contribution in [-0.2, 0) is 4.79 Å². The van der Waals surface area contributed by atoms with Gasteiger partial charge in [-0.1, -0.05) is 0 Å². The summed E-state index contributed by atoms with van der Waals surface area (Å²) in [5.41, 5.74) is -0.529. The SMILES string of the molecule is CC1(C)CC(NCC(C)(C)C(=O)O)CCN1. The molecule has 16 heavy (non-hydrogen) atoms. The second-order valence-electron chi connectivity index (χ2n) is 6.07. The van der Waals surface area contributed by atoms with E-state index in [1.54, 1.807) is 13.8 Å². The second-order valence-corrected chi connectivity index (χ2v) is 6.07. The van der Waals surface area contributed by atoms with Gasteiger partial charge in [-0.2, -0.15) is 0 Å². The molecule has 1 heterocycles. The zero-order valence-electron chi connectivity index (χ0n) is 10.8. The maximum atomic E-state index is 11.0. The van der Waals surface area contributed by atoms with Gasteiger partial charge in [-0.25, -0.2) is 0 Å². The number of hydrogen-bond donors (Lipinski definition) is 3. The minimum absolute atomic E-state index is 0.156. The second kappa shape index (κ2) is 4.72. The molecule has 0 radical (unpaired) electrons. The van der Waals surface area contributed by atoms with Crippen molar-refractivity contribution >= 4 is 5.97 Å².